The molecule has 0 atom stereocenters. The van der Waals surface area contributed by atoms with Crippen LogP contribution < -0.4 is 10.6 Å². The second-order valence-electron chi connectivity index (χ2n) is 5.71. The Labute approximate surface area is 119 Å². The molecule has 106 valence electrons. The number of hydrogen-bond donors (Lipinski definition) is 1. The Hall–Kier alpha value is -1.03. The number of nitrogens with two attached hydrogens (primary N) is 1. The molecule has 1 aromatic rings. The molecule has 0 aliphatic carbocycles. The second kappa shape index (κ2) is 5.95. The highest BCUT2D eigenvalue weighted by atomic mass is 32.1. The van der Waals surface area contributed by atoms with Crippen LogP contribution >= 0.6 is 11.3 Å². The van der Waals surface area contributed by atoms with Gasteiger partial charge in [0.2, 0.25) is 0 Å². The molecule has 0 bridgehead atoms. The molecule has 0 unspecified atom stereocenters. The average molecular weight is 280 g/mol. The van der Waals surface area contributed by atoms with Crippen LogP contribution in [0.4, 0.5) is 10.7 Å². The fraction of sp³-hybridized carbons (Fsp3) is 0.667. The molecular weight excluding hydrogens is 256 g/mol. The van der Waals surface area contributed by atoms with E-state index in [1.54, 1.807) is 11.3 Å². The zero-order chi connectivity index (χ0) is 14.0. The van der Waals surface area contributed by atoms with Gasteiger partial charge in [-0.25, -0.2) is 0 Å². The Balaban J connectivity index is 2.06. The van der Waals surface area contributed by atoms with Crippen molar-refractivity contribution < 1.29 is 4.79 Å². The van der Waals surface area contributed by atoms with Gasteiger partial charge in [-0.3, -0.25) is 4.79 Å². The van der Waals surface area contributed by atoms with Gasteiger partial charge in [-0.1, -0.05) is 20.8 Å². The average Bonchev–Trinajstić information content (AvgIpc) is 2.80. The number of piperidine rings is 1. The predicted octanol–water partition coefficient (Wildman–Crippen LogP) is 3.80. The first-order valence-electron chi connectivity index (χ1n) is 7.20. The number of rotatable bonds is 4. The Bertz CT molecular complexity index is 445. The number of nitrogens with zero attached hydrogens (tertiary/aromatic N) is 1. The van der Waals surface area contributed by atoms with Crippen molar-refractivity contribution in [2.45, 2.75) is 40.0 Å². The molecule has 1 aromatic heterocycles. The molecule has 1 aliphatic rings. The molecule has 4 heteroatoms. The number of ketones is 1. The first-order valence-corrected chi connectivity index (χ1v) is 8.02. The van der Waals surface area contributed by atoms with Crippen molar-refractivity contribution in [3.8, 4) is 0 Å². The minimum atomic E-state index is 0.158. The third kappa shape index (κ3) is 3.11. The summed E-state index contributed by atoms with van der Waals surface area (Å²) in [5.41, 5.74) is 6.61. The summed E-state index contributed by atoms with van der Waals surface area (Å²) in [6.45, 7) is 8.67. The standard InChI is InChI=1S/C15H24N2OS/c1-4-13(18)15-12(16)9-14(19-15)17-7-5-11(6-8-17)10(2)3/h9-11H,4-8,16H2,1-3H3. The van der Waals surface area contributed by atoms with Crippen LogP contribution in [0.1, 0.15) is 49.7 Å². The highest BCUT2D eigenvalue weighted by Crippen LogP contribution is 2.36. The Kier molecular flexibility index (Phi) is 4.50. The molecule has 19 heavy (non-hydrogen) atoms. The van der Waals surface area contributed by atoms with Crippen molar-refractivity contribution in [1.29, 1.82) is 0 Å². The van der Waals surface area contributed by atoms with Gasteiger partial charge >= 0.3 is 0 Å². The fourth-order valence-corrected chi connectivity index (χ4v) is 3.85. The smallest absolute Gasteiger partial charge is 0.174 e. The lowest BCUT2D eigenvalue weighted by Crippen LogP contribution is -2.34. The minimum absolute atomic E-state index is 0.158. The summed E-state index contributed by atoms with van der Waals surface area (Å²) in [6.07, 6.45) is 3.01. The van der Waals surface area contributed by atoms with Gasteiger partial charge in [0.1, 0.15) is 0 Å². The fourth-order valence-electron chi connectivity index (χ4n) is 2.71. The third-order valence-electron chi connectivity index (χ3n) is 4.12. The second-order valence-corrected chi connectivity index (χ2v) is 6.74. The molecule has 2 rings (SSSR count). The maximum Gasteiger partial charge on any atom is 0.174 e. The van der Waals surface area contributed by atoms with Crippen molar-refractivity contribution in [2.75, 3.05) is 23.7 Å². The van der Waals surface area contributed by atoms with Gasteiger partial charge in [0.05, 0.1) is 15.6 Å². The lowest BCUT2D eigenvalue weighted by molar-refractivity contribution is 0.0993. The summed E-state index contributed by atoms with van der Waals surface area (Å²) in [6, 6.07) is 1.98. The molecule has 0 aromatic carbocycles. The largest absolute Gasteiger partial charge is 0.397 e. The first kappa shape index (κ1) is 14.4. The zero-order valence-corrected chi connectivity index (χ0v) is 12.9. The van der Waals surface area contributed by atoms with Crippen molar-refractivity contribution in [3.05, 3.63) is 10.9 Å². The number of carbonyl (C=O) groups excluding carboxylic acids is 1. The number of nitrogen functional groups attached to an aromatic ring is 1. The van der Waals surface area contributed by atoms with Gasteiger partial charge in [0.25, 0.3) is 0 Å². The molecule has 2 N–H and O–H groups in total. The van der Waals surface area contributed by atoms with Crippen molar-refractivity contribution >= 4 is 27.8 Å². The molecule has 0 saturated carbocycles. The van der Waals surface area contributed by atoms with E-state index in [1.807, 2.05) is 13.0 Å². The van der Waals surface area contributed by atoms with E-state index in [9.17, 15) is 4.79 Å². The summed E-state index contributed by atoms with van der Waals surface area (Å²) < 4.78 is 0. The van der Waals surface area contributed by atoms with E-state index >= 15 is 0 Å². The van der Waals surface area contributed by atoms with Gasteiger partial charge in [0, 0.05) is 19.5 Å². The van der Waals surface area contributed by atoms with Gasteiger partial charge in [-0.15, -0.1) is 11.3 Å². The molecule has 1 aliphatic heterocycles. The zero-order valence-electron chi connectivity index (χ0n) is 12.1. The lowest BCUT2D eigenvalue weighted by Gasteiger charge is -2.34. The molecule has 1 saturated heterocycles. The molecular formula is C15H24N2OS. The topological polar surface area (TPSA) is 46.3 Å². The summed E-state index contributed by atoms with van der Waals surface area (Å²) in [5, 5.41) is 1.16. The van der Waals surface area contributed by atoms with E-state index in [4.69, 9.17) is 5.73 Å². The molecule has 3 nitrogen and oxygen atoms in total. The number of anilines is 2. The minimum Gasteiger partial charge on any atom is -0.397 e. The van der Waals surface area contributed by atoms with E-state index in [-0.39, 0.29) is 5.78 Å². The van der Waals surface area contributed by atoms with Crippen LogP contribution in [0.5, 0.6) is 0 Å². The number of hydrogen-bond acceptors (Lipinski definition) is 4. The van der Waals surface area contributed by atoms with Gasteiger partial charge in [0.15, 0.2) is 5.78 Å². The molecule has 0 radical (unpaired) electrons. The summed E-state index contributed by atoms with van der Waals surface area (Å²) in [5.74, 6) is 1.77. The van der Waals surface area contributed by atoms with Crippen LogP contribution in [0.15, 0.2) is 6.07 Å². The van der Waals surface area contributed by atoms with Crippen LogP contribution in [0.3, 0.4) is 0 Å². The highest BCUT2D eigenvalue weighted by Gasteiger charge is 2.24. The number of thiophene rings is 1. The van der Waals surface area contributed by atoms with Gasteiger partial charge < -0.3 is 10.6 Å². The van der Waals surface area contributed by atoms with E-state index in [1.165, 1.54) is 12.8 Å². The Morgan fingerprint density at radius 2 is 2.11 bits per heavy atom. The summed E-state index contributed by atoms with van der Waals surface area (Å²) in [7, 11) is 0. The molecule has 2 heterocycles. The Morgan fingerprint density at radius 3 is 2.63 bits per heavy atom. The van der Waals surface area contributed by atoms with Crippen molar-refractivity contribution in [3.63, 3.8) is 0 Å². The van der Waals surface area contributed by atoms with Crippen molar-refractivity contribution in [2.24, 2.45) is 11.8 Å². The van der Waals surface area contributed by atoms with Gasteiger partial charge in [-0.05, 0) is 30.7 Å². The number of carbonyl (C=O) groups is 1. The molecule has 0 amide bonds. The van der Waals surface area contributed by atoms with Gasteiger partial charge in [-0.2, -0.15) is 0 Å². The predicted molar refractivity (Wildman–Crippen MR) is 83.1 cm³/mol. The van der Waals surface area contributed by atoms with Crippen LogP contribution in [0.2, 0.25) is 0 Å². The highest BCUT2D eigenvalue weighted by molar-refractivity contribution is 7.18. The Morgan fingerprint density at radius 1 is 1.47 bits per heavy atom. The van der Waals surface area contributed by atoms with Crippen molar-refractivity contribution in [1.82, 2.24) is 0 Å². The van der Waals surface area contributed by atoms with E-state index in [0.717, 1.165) is 34.8 Å². The third-order valence-corrected chi connectivity index (χ3v) is 5.37. The molecule has 0 spiro atoms. The first-order chi connectivity index (χ1) is 9.02. The molecule has 1 fully saturated rings. The quantitative estimate of drug-likeness (QED) is 0.853. The van der Waals surface area contributed by atoms with E-state index < -0.39 is 0 Å². The maximum absolute atomic E-state index is 11.8. The van der Waals surface area contributed by atoms with E-state index in [2.05, 4.69) is 18.7 Å². The van der Waals surface area contributed by atoms with E-state index in [0.29, 0.717) is 12.1 Å². The van der Waals surface area contributed by atoms with Crippen LogP contribution in [0.25, 0.3) is 0 Å². The summed E-state index contributed by atoms with van der Waals surface area (Å²) >= 11 is 1.56. The SMILES string of the molecule is CCC(=O)c1sc(N2CCC(C(C)C)CC2)cc1N. The van der Waals surface area contributed by atoms with Crippen LogP contribution in [0, 0.1) is 11.8 Å². The number of Topliss-reactive ketones (excluding diaryl/α,β-unsaturated/α-hetero) is 1. The maximum atomic E-state index is 11.8. The summed E-state index contributed by atoms with van der Waals surface area (Å²) in [4.78, 5) is 14.9. The van der Waals surface area contributed by atoms with Crippen LogP contribution in [-0.2, 0) is 0 Å². The lowest BCUT2D eigenvalue weighted by atomic mass is 9.87. The van der Waals surface area contributed by atoms with Crippen LogP contribution in [-0.4, -0.2) is 18.9 Å². The normalized spacial score (nSPS) is 17.2. The monoisotopic (exact) mass is 280 g/mol.